The summed E-state index contributed by atoms with van der Waals surface area (Å²) in [5.74, 6) is 0.678. The minimum atomic E-state index is -0.230. The first-order valence-electron chi connectivity index (χ1n) is 12.5. The van der Waals surface area contributed by atoms with Gasteiger partial charge in [0.1, 0.15) is 0 Å². The zero-order chi connectivity index (χ0) is 22.0. The highest BCUT2D eigenvalue weighted by molar-refractivity contribution is 5.89. The first-order chi connectivity index (χ1) is 15.7. The minimum Gasteiger partial charge on any atom is -0.462 e. The highest BCUT2D eigenvalue weighted by Gasteiger charge is 2.53. The molecule has 1 spiro atoms. The van der Waals surface area contributed by atoms with Crippen LogP contribution in [-0.2, 0) is 4.74 Å². The molecule has 4 heteroatoms. The summed E-state index contributed by atoms with van der Waals surface area (Å²) in [6.45, 7) is 7.25. The van der Waals surface area contributed by atoms with Gasteiger partial charge in [-0.05, 0) is 94.3 Å². The Bertz CT molecular complexity index is 887. The van der Waals surface area contributed by atoms with Crippen LogP contribution < -0.4 is 4.90 Å². The lowest BCUT2D eigenvalue weighted by atomic mass is 9.60. The fourth-order valence-corrected chi connectivity index (χ4v) is 5.67. The molecule has 0 bridgehead atoms. The Labute approximate surface area is 192 Å². The summed E-state index contributed by atoms with van der Waals surface area (Å²) >= 11 is 0. The smallest absolute Gasteiger partial charge is 0.338 e. The third kappa shape index (κ3) is 4.71. The third-order valence-electron chi connectivity index (χ3n) is 7.64. The van der Waals surface area contributed by atoms with E-state index in [0.29, 0.717) is 17.6 Å². The van der Waals surface area contributed by atoms with E-state index < -0.39 is 0 Å². The molecule has 0 unspecified atom stereocenters. The molecular formula is C28H36N2O2. The molecule has 0 atom stereocenters. The van der Waals surface area contributed by atoms with Gasteiger partial charge in [0.15, 0.2) is 0 Å². The Morgan fingerprint density at radius 3 is 2.22 bits per heavy atom. The lowest BCUT2D eigenvalue weighted by Gasteiger charge is -2.61. The van der Waals surface area contributed by atoms with Crippen molar-refractivity contribution < 1.29 is 9.53 Å². The largest absolute Gasteiger partial charge is 0.462 e. The normalized spacial score (nSPS) is 22.0. The highest BCUT2D eigenvalue weighted by atomic mass is 16.5. The van der Waals surface area contributed by atoms with Crippen LogP contribution in [0.25, 0.3) is 0 Å². The fraction of sp³-hybridized carbons (Fsp3) is 0.536. The Hall–Kier alpha value is -2.33. The van der Waals surface area contributed by atoms with Crippen LogP contribution in [0.4, 0.5) is 5.69 Å². The number of carbonyl (C=O) groups is 1. The number of benzene rings is 2. The van der Waals surface area contributed by atoms with Crippen LogP contribution >= 0.6 is 0 Å². The molecule has 2 saturated carbocycles. The number of hydrogen-bond donors (Lipinski definition) is 0. The van der Waals surface area contributed by atoms with Gasteiger partial charge in [0, 0.05) is 30.2 Å². The van der Waals surface area contributed by atoms with Crippen molar-refractivity contribution in [3.63, 3.8) is 0 Å². The number of anilines is 1. The number of rotatable bonds is 5. The molecule has 4 fully saturated rings. The average Bonchev–Trinajstić information content (AvgIpc) is 3.49. The molecule has 4 nitrogen and oxygen atoms in total. The summed E-state index contributed by atoms with van der Waals surface area (Å²) in [7, 11) is 0. The molecule has 6 rings (SSSR count). The number of likely N-dealkylation sites (tertiary alicyclic amines) is 1. The Balaban J connectivity index is 0.000000199. The van der Waals surface area contributed by atoms with Gasteiger partial charge < -0.3 is 14.5 Å². The van der Waals surface area contributed by atoms with E-state index in [4.69, 9.17) is 4.74 Å². The summed E-state index contributed by atoms with van der Waals surface area (Å²) in [5.41, 5.74) is 3.97. The predicted molar refractivity (Wildman–Crippen MR) is 129 cm³/mol. The van der Waals surface area contributed by atoms with Crippen LogP contribution in [-0.4, -0.2) is 49.7 Å². The summed E-state index contributed by atoms with van der Waals surface area (Å²) in [4.78, 5) is 16.8. The van der Waals surface area contributed by atoms with E-state index in [1.807, 2.05) is 19.1 Å². The van der Waals surface area contributed by atoms with Gasteiger partial charge in [-0.2, -0.15) is 0 Å². The van der Waals surface area contributed by atoms with Crippen LogP contribution in [0.3, 0.4) is 0 Å². The molecule has 2 aliphatic carbocycles. The molecule has 170 valence electrons. The van der Waals surface area contributed by atoms with E-state index in [1.54, 1.807) is 0 Å². The molecule has 2 aromatic rings. The number of hydrogen-bond acceptors (Lipinski definition) is 4. The summed E-state index contributed by atoms with van der Waals surface area (Å²) in [6.07, 6.45) is 8.35. The van der Waals surface area contributed by atoms with Gasteiger partial charge in [-0.25, -0.2) is 4.79 Å². The van der Waals surface area contributed by atoms with Crippen molar-refractivity contribution in [2.45, 2.75) is 57.4 Å². The van der Waals surface area contributed by atoms with Crippen LogP contribution in [0.5, 0.6) is 0 Å². The predicted octanol–water partition coefficient (Wildman–Crippen LogP) is 5.49. The second kappa shape index (κ2) is 9.27. The highest BCUT2D eigenvalue weighted by Crippen LogP contribution is 2.51. The quantitative estimate of drug-likeness (QED) is 0.585. The molecule has 4 aliphatic rings. The fourth-order valence-electron chi connectivity index (χ4n) is 5.67. The standard InChI is InChI=1S/C19H26N2O2.C9H10/c1-2-23-18(22)15-5-7-16(8-6-15)21-13-19(14-21)11-17(12-19)20-9-3-4-10-20;1-2-4-8(5-3-1)9-6-7-9/h5-8,17H,2-4,9-14H2,1H3;1-5,9H,6-7H2. The molecule has 2 aliphatic heterocycles. The van der Waals surface area contributed by atoms with Gasteiger partial charge in [-0.1, -0.05) is 30.3 Å². The Morgan fingerprint density at radius 1 is 0.969 bits per heavy atom. The zero-order valence-corrected chi connectivity index (χ0v) is 19.3. The van der Waals surface area contributed by atoms with Crippen molar-refractivity contribution in [3.05, 3.63) is 65.7 Å². The molecule has 0 amide bonds. The maximum Gasteiger partial charge on any atom is 0.338 e. The molecular weight excluding hydrogens is 396 g/mol. The maximum atomic E-state index is 11.7. The van der Waals surface area contributed by atoms with Gasteiger partial charge in [0.25, 0.3) is 0 Å². The van der Waals surface area contributed by atoms with Crippen molar-refractivity contribution in [2.75, 3.05) is 37.7 Å². The average molecular weight is 433 g/mol. The molecule has 32 heavy (non-hydrogen) atoms. The lowest BCUT2D eigenvalue weighted by Crippen LogP contribution is -2.66. The van der Waals surface area contributed by atoms with Crippen molar-refractivity contribution in [1.82, 2.24) is 4.90 Å². The second-order valence-corrected chi connectivity index (χ2v) is 10.1. The van der Waals surface area contributed by atoms with Crippen LogP contribution in [0.2, 0.25) is 0 Å². The van der Waals surface area contributed by atoms with E-state index in [-0.39, 0.29) is 5.97 Å². The topological polar surface area (TPSA) is 32.8 Å². The van der Waals surface area contributed by atoms with E-state index >= 15 is 0 Å². The number of carbonyl (C=O) groups excluding carboxylic acids is 1. The minimum absolute atomic E-state index is 0.230. The Morgan fingerprint density at radius 2 is 1.62 bits per heavy atom. The summed E-state index contributed by atoms with van der Waals surface area (Å²) in [5, 5.41) is 0. The van der Waals surface area contributed by atoms with Gasteiger partial charge in [0.2, 0.25) is 0 Å². The van der Waals surface area contributed by atoms with E-state index in [2.05, 4.69) is 52.3 Å². The summed E-state index contributed by atoms with van der Waals surface area (Å²) in [6, 6.07) is 19.5. The van der Waals surface area contributed by atoms with Gasteiger partial charge in [0.05, 0.1) is 12.2 Å². The molecule has 0 radical (unpaired) electrons. The lowest BCUT2D eigenvalue weighted by molar-refractivity contribution is -0.00975. The molecule has 2 aromatic carbocycles. The first kappa shape index (κ1) is 21.5. The van der Waals surface area contributed by atoms with Crippen molar-refractivity contribution >= 4 is 11.7 Å². The van der Waals surface area contributed by atoms with E-state index in [9.17, 15) is 4.79 Å². The SMILES string of the molecule is CCOC(=O)c1ccc(N2CC3(CC(N4CCCC4)C3)C2)cc1.c1ccc(C2CC2)cc1. The van der Waals surface area contributed by atoms with E-state index in [0.717, 1.165) is 12.0 Å². The second-order valence-electron chi connectivity index (χ2n) is 10.1. The maximum absolute atomic E-state index is 11.7. The third-order valence-corrected chi connectivity index (χ3v) is 7.64. The molecule has 2 saturated heterocycles. The monoisotopic (exact) mass is 432 g/mol. The van der Waals surface area contributed by atoms with Gasteiger partial charge in [-0.3, -0.25) is 0 Å². The van der Waals surface area contributed by atoms with Crippen LogP contribution in [0.1, 0.15) is 67.3 Å². The van der Waals surface area contributed by atoms with Crippen LogP contribution in [0.15, 0.2) is 54.6 Å². The van der Waals surface area contributed by atoms with Gasteiger partial charge >= 0.3 is 5.97 Å². The zero-order valence-electron chi connectivity index (χ0n) is 19.3. The molecule has 0 N–H and O–H groups in total. The van der Waals surface area contributed by atoms with Crippen molar-refractivity contribution in [3.8, 4) is 0 Å². The number of ether oxygens (including phenoxy) is 1. The van der Waals surface area contributed by atoms with Crippen LogP contribution in [0, 0.1) is 5.41 Å². The van der Waals surface area contributed by atoms with E-state index in [1.165, 1.54) is 76.0 Å². The van der Waals surface area contributed by atoms with Gasteiger partial charge in [-0.15, -0.1) is 0 Å². The first-order valence-corrected chi connectivity index (χ1v) is 12.5. The Kier molecular flexibility index (Phi) is 6.23. The summed E-state index contributed by atoms with van der Waals surface area (Å²) < 4.78 is 5.03. The number of esters is 1. The molecule has 2 heterocycles. The molecule has 0 aromatic heterocycles. The number of nitrogens with zero attached hydrogens (tertiary/aromatic N) is 2. The van der Waals surface area contributed by atoms with Crippen molar-refractivity contribution in [2.24, 2.45) is 5.41 Å². The van der Waals surface area contributed by atoms with Crippen molar-refractivity contribution in [1.29, 1.82) is 0 Å².